The van der Waals surface area contributed by atoms with E-state index in [0.29, 0.717) is 34.6 Å². The summed E-state index contributed by atoms with van der Waals surface area (Å²) in [7, 11) is 0. The van der Waals surface area contributed by atoms with Gasteiger partial charge in [-0.15, -0.1) is 0 Å². The Hall–Kier alpha value is -2.35. The summed E-state index contributed by atoms with van der Waals surface area (Å²) in [4.78, 5) is 15.5. The average molecular weight is 367 g/mol. The molecule has 0 fully saturated rings. The zero-order valence-electron chi connectivity index (χ0n) is 12.2. The smallest absolute Gasteiger partial charge is 0.296 e. The van der Waals surface area contributed by atoms with Crippen LogP contribution < -0.4 is 10.8 Å². The molecule has 0 saturated carbocycles. The molecule has 0 aliphatic heterocycles. The van der Waals surface area contributed by atoms with Crippen molar-refractivity contribution in [2.45, 2.75) is 6.42 Å². The Kier molecular flexibility index (Phi) is 4.84. The van der Waals surface area contributed by atoms with Gasteiger partial charge in [-0.3, -0.25) is 10.0 Å². The lowest BCUT2D eigenvalue weighted by atomic mass is 10.2. The normalized spacial score (nSPS) is 10.8. The van der Waals surface area contributed by atoms with Gasteiger partial charge in [0.2, 0.25) is 0 Å². The van der Waals surface area contributed by atoms with Crippen molar-refractivity contribution in [3.8, 4) is 0 Å². The minimum atomic E-state index is -0.718. The van der Waals surface area contributed by atoms with Crippen molar-refractivity contribution < 1.29 is 14.5 Å². The van der Waals surface area contributed by atoms with E-state index < -0.39 is 5.91 Å². The monoisotopic (exact) mass is 366 g/mol. The molecule has 0 radical (unpaired) electrons. The quantitative estimate of drug-likeness (QED) is 0.473. The van der Waals surface area contributed by atoms with E-state index in [2.05, 4.69) is 15.5 Å². The molecule has 0 aliphatic rings. The van der Waals surface area contributed by atoms with E-state index in [0.717, 1.165) is 10.8 Å². The van der Waals surface area contributed by atoms with Crippen LogP contribution in [0.1, 0.15) is 16.2 Å². The number of nitrogens with one attached hydrogen (secondary N) is 2. The number of hydroxylamine groups is 1. The highest BCUT2D eigenvalue weighted by molar-refractivity contribution is 6.42. The summed E-state index contributed by atoms with van der Waals surface area (Å²) in [5.74, 6) is 0.468. The molecule has 3 aromatic rings. The number of halogens is 2. The van der Waals surface area contributed by atoms with E-state index in [-0.39, 0.29) is 5.69 Å². The first-order valence-electron chi connectivity index (χ1n) is 6.95. The SMILES string of the molecule is O=C(NO)c1cc(CCNc2cc3cc(Cl)c(Cl)cc3cn2)on1. The molecule has 0 aliphatic carbocycles. The summed E-state index contributed by atoms with van der Waals surface area (Å²) in [6.45, 7) is 0.523. The number of rotatable bonds is 5. The molecule has 7 nitrogen and oxygen atoms in total. The number of carbonyl (C=O) groups is 1. The van der Waals surface area contributed by atoms with Gasteiger partial charge in [-0.2, -0.15) is 0 Å². The first-order valence-corrected chi connectivity index (χ1v) is 7.71. The van der Waals surface area contributed by atoms with Crippen LogP contribution in [0.3, 0.4) is 0 Å². The van der Waals surface area contributed by atoms with Gasteiger partial charge in [-0.25, -0.2) is 10.5 Å². The highest BCUT2D eigenvalue weighted by atomic mass is 35.5. The maximum absolute atomic E-state index is 11.2. The van der Waals surface area contributed by atoms with Gasteiger partial charge in [0, 0.05) is 30.6 Å². The Morgan fingerprint density at radius 3 is 2.67 bits per heavy atom. The van der Waals surface area contributed by atoms with E-state index in [9.17, 15) is 4.79 Å². The number of anilines is 1. The van der Waals surface area contributed by atoms with E-state index in [1.807, 2.05) is 6.07 Å². The van der Waals surface area contributed by atoms with Crippen molar-refractivity contribution in [1.29, 1.82) is 0 Å². The fourth-order valence-corrected chi connectivity index (χ4v) is 2.49. The molecule has 0 bridgehead atoms. The zero-order valence-corrected chi connectivity index (χ0v) is 13.7. The molecule has 1 amide bonds. The predicted octanol–water partition coefficient (Wildman–Crippen LogP) is 3.30. The molecule has 0 unspecified atom stereocenters. The summed E-state index contributed by atoms with van der Waals surface area (Å²) in [6.07, 6.45) is 2.20. The highest BCUT2D eigenvalue weighted by Gasteiger charge is 2.11. The number of carbonyl (C=O) groups excluding carboxylic acids is 1. The minimum absolute atomic E-state index is 0.0165. The van der Waals surface area contributed by atoms with Crippen LogP contribution in [0.2, 0.25) is 10.0 Å². The van der Waals surface area contributed by atoms with Gasteiger partial charge < -0.3 is 9.84 Å². The molecule has 9 heteroatoms. The summed E-state index contributed by atoms with van der Waals surface area (Å²) in [5.41, 5.74) is 1.51. The fraction of sp³-hybridized carbons (Fsp3) is 0.133. The van der Waals surface area contributed by atoms with E-state index in [1.54, 1.807) is 18.3 Å². The molecule has 0 atom stereocenters. The van der Waals surface area contributed by atoms with Crippen LogP contribution in [-0.4, -0.2) is 27.8 Å². The molecule has 0 spiro atoms. The third kappa shape index (κ3) is 3.59. The van der Waals surface area contributed by atoms with Crippen molar-refractivity contribution >= 4 is 45.7 Å². The van der Waals surface area contributed by atoms with E-state index in [1.165, 1.54) is 11.5 Å². The average Bonchev–Trinajstić information content (AvgIpc) is 3.04. The largest absolute Gasteiger partial charge is 0.370 e. The number of nitrogens with zero attached hydrogens (tertiary/aromatic N) is 2. The summed E-state index contributed by atoms with van der Waals surface area (Å²) in [6, 6.07) is 6.87. The number of amides is 1. The van der Waals surface area contributed by atoms with Gasteiger partial charge in [-0.1, -0.05) is 28.4 Å². The standard InChI is InChI=1S/C15H12Cl2N4O3/c16-11-3-8-5-14(19-7-9(8)4-12(11)17)18-2-1-10-6-13(21-24-10)15(22)20-23/h3-7,23H,1-2H2,(H,18,19)(H,20,22). The maximum Gasteiger partial charge on any atom is 0.296 e. The summed E-state index contributed by atoms with van der Waals surface area (Å²) >= 11 is 12.0. The fourth-order valence-electron chi connectivity index (χ4n) is 2.14. The van der Waals surface area contributed by atoms with Gasteiger partial charge in [0.1, 0.15) is 11.6 Å². The van der Waals surface area contributed by atoms with Gasteiger partial charge in [0.15, 0.2) is 5.69 Å². The van der Waals surface area contributed by atoms with Crippen LogP contribution in [0.4, 0.5) is 5.82 Å². The molecular weight excluding hydrogens is 355 g/mol. The second kappa shape index (κ2) is 7.04. The number of benzene rings is 1. The highest BCUT2D eigenvalue weighted by Crippen LogP contribution is 2.28. The number of hydrogen-bond acceptors (Lipinski definition) is 6. The lowest BCUT2D eigenvalue weighted by Crippen LogP contribution is -2.18. The molecule has 0 saturated heterocycles. The van der Waals surface area contributed by atoms with Crippen molar-refractivity contribution in [2.24, 2.45) is 0 Å². The van der Waals surface area contributed by atoms with Crippen molar-refractivity contribution in [2.75, 3.05) is 11.9 Å². The van der Waals surface area contributed by atoms with Crippen LogP contribution in [0.15, 0.2) is 35.0 Å². The van der Waals surface area contributed by atoms with Crippen LogP contribution in [0.5, 0.6) is 0 Å². The van der Waals surface area contributed by atoms with Gasteiger partial charge in [0.25, 0.3) is 5.91 Å². The molecule has 24 heavy (non-hydrogen) atoms. The summed E-state index contributed by atoms with van der Waals surface area (Å²) < 4.78 is 5.01. The zero-order chi connectivity index (χ0) is 17.1. The van der Waals surface area contributed by atoms with E-state index in [4.69, 9.17) is 32.9 Å². The van der Waals surface area contributed by atoms with Gasteiger partial charge in [-0.05, 0) is 23.6 Å². The molecule has 2 aromatic heterocycles. The van der Waals surface area contributed by atoms with Crippen LogP contribution >= 0.6 is 23.2 Å². The molecule has 124 valence electrons. The topological polar surface area (TPSA) is 100 Å². The molecule has 2 heterocycles. The van der Waals surface area contributed by atoms with Crippen molar-refractivity contribution in [3.05, 3.63) is 52.0 Å². The molecule has 3 rings (SSSR count). The predicted molar refractivity (Wildman–Crippen MR) is 89.7 cm³/mol. The molecule has 1 aromatic carbocycles. The van der Waals surface area contributed by atoms with Crippen LogP contribution in [0, 0.1) is 0 Å². The van der Waals surface area contributed by atoms with Crippen LogP contribution in [-0.2, 0) is 6.42 Å². The Bertz CT molecular complexity index is 898. The Labute approximate surface area is 146 Å². The van der Waals surface area contributed by atoms with Crippen LogP contribution in [0.25, 0.3) is 10.8 Å². The maximum atomic E-state index is 11.2. The third-order valence-electron chi connectivity index (χ3n) is 3.33. The number of hydrogen-bond donors (Lipinski definition) is 3. The number of fused-ring (bicyclic) bond motifs is 1. The second-order valence-electron chi connectivity index (χ2n) is 4.98. The lowest BCUT2D eigenvalue weighted by Gasteiger charge is -2.06. The molecule has 3 N–H and O–H groups in total. The van der Waals surface area contributed by atoms with Gasteiger partial charge in [0.05, 0.1) is 10.0 Å². The van der Waals surface area contributed by atoms with Gasteiger partial charge >= 0.3 is 0 Å². The lowest BCUT2D eigenvalue weighted by molar-refractivity contribution is 0.0696. The Balaban J connectivity index is 1.64. The minimum Gasteiger partial charge on any atom is -0.370 e. The van der Waals surface area contributed by atoms with Crippen molar-refractivity contribution in [1.82, 2.24) is 15.6 Å². The number of aromatic nitrogens is 2. The second-order valence-corrected chi connectivity index (χ2v) is 5.79. The van der Waals surface area contributed by atoms with Crippen molar-refractivity contribution in [3.63, 3.8) is 0 Å². The first kappa shape index (κ1) is 16.5. The molecular formula is C15H12Cl2N4O3. The summed E-state index contributed by atoms with van der Waals surface area (Å²) in [5, 5.41) is 18.0. The Morgan fingerprint density at radius 1 is 1.17 bits per heavy atom. The third-order valence-corrected chi connectivity index (χ3v) is 4.05. The number of pyridine rings is 1. The van der Waals surface area contributed by atoms with E-state index >= 15 is 0 Å². The first-order chi connectivity index (χ1) is 11.6. The Morgan fingerprint density at radius 2 is 1.92 bits per heavy atom.